The molecule has 0 fully saturated rings. The second-order valence-electron chi connectivity index (χ2n) is 5.42. The molecule has 2 rings (SSSR count). The normalized spacial score (nSPS) is 10.2. The van der Waals surface area contributed by atoms with Crippen LogP contribution < -0.4 is 14.8 Å². The summed E-state index contributed by atoms with van der Waals surface area (Å²) in [7, 11) is 1.57. The predicted molar refractivity (Wildman–Crippen MR) is 92.8 cm³/mol. The van der Waals surface area contributed by atoms with E-state index in [-0.39, 0.29) is 30.4 Å². The van der Waals surface area contributed by atoms with Gasteiger partial charge in [-0.1, -0.05) is 24.3 Å². The van der Waals surface area contributed by atoms with Gasteiger partial charge in [0.2, 0.25) is 5.91 Å². The highest BCUT2D eigenvalue weighted by molar-refractivity contribution is 5.76. The van der Waals surface area contributed by atoms with Gasteiger partial charge in [-0.2, -0.15) is 0 Å². The summed E-state index contributed by atoms with van der Waals surface area (Å²) in [4.78, 5) is 22.4. The number of aryl methyl sites for hydroxylation is 1. The van der Waals surface area contributed by atoms with E-state index < -0.39 is 4.92 Å². The van der Waals surface area contributed by atoms with Gasteiger partial charge in [0.15, 0.2) is 5.75 Å². The van der Waals surface area contributed by atoms with Gasteiger partial charge in [0, 0.05) is 18.2 Å². The van der Waals surface area contributed by atoms with E-state index in [2.05, 4.69) is 5.32 Å². The smallest absolute Gasteiger partial charge is 0.310 e. The molecule has 0 aliphatic carbocycles. The molecule has 0 atom stereocenters. The Hall–Kier alpha value is -3.09. The van der Waals surface area contributed by atoms with Crippen LogP contribution in [-0.4, -0.2) is 24.5 Å². The van der Waals surface area contributed by atoms with Crippen molar-refractivity contribution in [3.8, 4) is 11.5 Å². The van der Waals surface area contributed by atoms with Crippen LogP contribution in [0.25, 0.3) is 0 Å². The van der Waals surface area contributed by atoms with E-state index in [0.717, 1.165) is 11.1 Å². The van der Waals surface area contributed by atoms with Crippen molar-refractivity contribution >= 4 is 11.6 Å². The Bertz CT molecular complexity index is 761. The number of rotatable bonds is 8. The molecule has 0 saturated carbocycles. The number of nitrogens with one attached hydrogen (secondary N) is 1. The van der Waals surface area contributed by atoms with Crippen LogP contribution in [0.15, 0.2) is 42.5 Å². The molecule has 0 radical (unpaired) electrons. The first-order valence-electron chi connectivity index (χ1n) is 7.77. The number of nitrogens with zero attached hydrogens (tertiary/aromatic N) is 1. The first kappa shape index (κ1) is 18.3. The summed E-state index contributed by atoms with van der Waals surface area (Å²) in [5.41, 5.74) is 1.61. The standard InChI is InChI=1S/C18H20N2O5/c1-13-7-8-15(20(22)23)17(11-13)25-10-9-18(21)19-12-14-5-3-4-6-16(14)24-2/h3-8,11H,9-10,12H2,1-2H3,(H,19,21). The molecule has 2 aromatic rings. The fraction of sp³-hybridized carbons (Fsp3) is 0.278. The number of para-hydroxylation sites is 1. The third-order valence-corrected chi connectivity index (χ3v) is 3.57. The molecule has 132 valence electrons. The zero-order valence-electron chi connectivity index (χ0n) is 14.2. The van der Waals surface area contributed by atoms with Crippen molar-refractivity contribution in [2.75, 3.05) is 13.7 Å². The third-order valence-electron chi connectivity index (χ3n) is 3.57. The lowest BCUT2D eigenvalue weighted by molar-refractivity contribution is -0.385. The quantitative estimate of drug-likeness (QED) is 0.587. The van der Waals surface area contributed by atoms with Crippen molar-refractivity contribution in [3.05, 3.63) is 63.7 Å². The minimum atomic E-state index is -0.503. The molecule has 7 nitrogen and oxygen atoms in total. The lowest BCUT2D eigenvalue weighted by Gasteiger charge is -2.10. The van der Waals surface area contributed by atoms with Crippen LogP contribution in [0.3, 0.4) is 0 Å². The lowest BCUT2D eigenvalue weighted by atomic mass is 10.2. The first-order valence-corrected chi connectivity index (χ1v) is 7.77. The molecule has 0 saturated heterocycles. The zero-order chi connectivity index (χ0) is 18.2. The van der Waals surface area contributed by atoms with Crippen molar-refractivity contribution in [1.82, 2.24) is 5.32 Å². The van der Waals surface area contributed by atoms with E-state index in [1.165, 1.54) is 6.07 Å². The minimum absolute atomic E-state index is 0.0576. The number of amides is 1. The van der Waals surface area contributed by atoms with Gasteiger partial charge >= 0.3 is 5.69 Å². The molecule has 25 heavy (non-hydrogen) atoms. The van der Waals surface area contributed by atoms with Gasteiger partial charge in [0.05, 0.1) is 25.1 Å². The fourth-order valence-electron chi connectivity index (χ4n) is 2.27. The Labute approximate surface area is 145 Å². The second-order valence-corrected chi connectivity index (χ2v) is 5.42. The Kier molecular flexibility index (Phi) is 6.33. The van der Waals surface area contributed by atoms with Crippen molar-refractivity contribution in [1.29, 1.82) is 0 Å². The lowest BCUT2D eigenvalue weighted by Crippen LogP contribution is -2.24. The number of carbonyl (C=O) groups is 1. The Morgan fingerprint density at radius 1 is 1.20 bits per heavy atom. The van der Waals surface area contributed by atoms with Crippen LogP contribution in [0.4, 0.5) is 5.69 Å². The summed E-state index contributed by atoms with van der Waals surface area (Å²) in [5.74, 6) is 0.665. The Balaban J connectivity index is 1.85. The van der Waals surface area contributed by atoms with E-state index >= 15 is 0 Å². The third kappa shape index (κ3) is 5.20. The highest BCUT2D eigenvalue weighted by Crippen LogP contribution is 2.27. The van der Waals surface area contributed by atoms with Gasteiger partial charge in [-0.05, 0) is 24.6 Å². The molecule has 0 spiro atoms. The van der Waals surface area contributed by atoms with E-state index in [4.69, 9.17) is 9.47 Å². The molecule has 0 bridgehead atoms. The minimum Gasteiger partial charge on any atom is -0.496 e. The number of carbonyl (C=O) groups excluding carboxylic acids is 1. The van der Waals surface area contributed by atoms with Crippen LogP contribution in [0.1, 0.15) is 17.5 Å². The monoisotopic (exact) mass is 344 g/mol. The summed E-state index contributed by atoms with van der Waals surface area (Å²) in [6.45, 7) is 2.21. The van der Waals surface area contributed by atoms with Gasteiger partial charge in [-0.3, -0.25) is 14.9 Å². The van der Waals surface area contributed by atoms with E-state index in [0.29, 0.717) is 12.3 Å². The number of nitro groups is 1. The molecular formula is C18H20N2O5. The van der Waals surface area contributed by atoms with E-state index in [9.17, 15) is 14.9 Å². The molecule has 0 heterocycles. The first-order chi connectivity index (χ1) is 12.0. The zero-order valence-corrected chi connectivity index (χ0v) is 14.2. The van der Waals surface area contributed by atoms with Crippen molar-refractivity contribution in [3.63, 3.8) is 0 Å². The number of nitro benzene ring substituents is 1. The van der Waals surface area contributed by atoms with Crippen molar-refractivity contribution in [2.45, 2.75) is 19.9 Å². The maximum Gasteiger partial charge on any atom is 0.310 e. The van der Waals surface area contributed by atoms with Gasteiger partial charge in [-0.25, -0.2) is 0 Å². The van der Waals surface area contributed by atoms with E-state index in [1.54, 1.807) is 19.2 Å². The molecule has 7 heteroatoms. The highest BCUT2D eigenvalue weighted by atomic mass is 16.6. The molecule has 1 N–H and O–H groups in total. The highest BCUT2D eigenvalue weighted by Gasteiger charge is 2.15. The Morgan fingerprint density at radius 2 is 1.96 bits per heavy atom. The largest absolute Gasteiger partial charge is 0.496 e. The number of ether oxygens (including phenoxy) is 2. The average Bonchev–Trinajstić information content (AvgIpc) is 2.60. The molecule has 0 unspecified atom stereocenters. The summed E-state index contributed by atoms with van der Waals surface area (Å²) in [5, 5.41) is 13.8. The molecule has 0 aliphatic heterocycles. The summed E-state index contributed by atoms with van der Waals surface area (Å²) in [6, 6.07) is 12.0. The number of hydrogen-bond donors (Lipinski definition) is 1. The van der Waals surface area contributed by atoms with Gasteiger partial charge in [-0.15, -0.1) is 0 Å². The summed E-state index contributed by atoms with van der Waals surface area (Å²) >= 11 is 0. The van der Waals surface area contributed by atoms with Crippen molar-refractivity contribution in [2.24, 2.45) is 0 Å². The van der Waals surface area contributed by atoms with Crippen LogP contribution in [0.2, 0.25) is 0 Å². The van der Waals surface area contributed by atoms with Crippen molar-refractivity contribution < 1.29 is 19.2 Å². The molecular weight excluding hydrogens is 324 g/mol. The van der Waals surface area contributed by atoms with Crippen LogP contribution in [-0.2, 0) is 11.3 Å². The molecule has 0 aromatic heterocycles. The molecule has 0 aliphatic rings. The average molecular weight is 344 g/mol. The van der Waals surface area contributed by atoms with Gasteiger partial charge in [0.25, 0.3) is 0 Å². The van der Waals surface area contributed by atoms with Crippen LogP contribution in [0.5, 0.6) is 11.5 Å². The van der Waals surface area contributed by atoms with Gasteiger partial charge in [0.1, 0.15) is 5.75 Å². The van der Waals surface area contributed by atoms with Crippen LogP contribution >= 0.6 is 0 Å². The predicted octanol–water partition coefficient (Wildman–Crippen LogP) is 3.00. The summed E-state index contributed by atoms with van der Waals surface area (Å²) < 4.78 is 10.6. The van der Waals surface area contributed by atoms with E-state index in [1.807, 2.05) is 31.2 Å². The number of benzene rings is 2. The fourth-order valence-corrected chi connectivity index (χ4v) is 2.27. The SMILES string of the molecule is COc1ccccc1CNC(=O)CCOc1cc(C)ccc1[N+](=O)[O-]. The summed E-state index contributed by atoms with van der Waals surface area (Å²) in [6.07, 6.45) is 0.0975. The number of methoxy groups -OCH3 is 1. The maximum atomic E-state index is 11.9. The Morgan fingerprint density at radius 3 is 2.68 bits per heavy atom. The number of hydrogen-bond acceptors (Lipinski definition) is 5. The molecule has 2 aromatic carbocycles. The van der Waals surface area contributed by atoms with Crippen LogP contribution in [0, 0.1) is 17.0 Å². The van der Waals surface area contributed by atoms with Gasteiger partial charge < -0.3 is 14.8 Å². The maximum absolute atomic E-state index is 11.9. The molecule has 1 amide bonds. The second kappa shape index (κ2) is 8.68. The topological polar surface area (TPSA) is 90.7 Å².